The number of hydrogen-bond donors (Lipinski definition) is 3. The summed E-state index contributed by atoms with van der Waals surface area (Å²) in [6.45, 7) is 16.1. The number of aliphatic imine (C=N–C) groups is 1. The Kier molecular flexibility index (Phi) is 16.4. The molecule has 2 unspecified atom stereocenters. The van der Waals surface area contributed by atoms with Crippen molar-refractivity contribution in [3.05, 3.63) is 71.4 Å². The van der Waals surface area contributed by atoms with Crippen LogP contribution in [0.5, 0.6) is 5.75 Å². The van der Waals surface area contributed by atoms with Crippen LogP contribution in [0.4, 0.5) is 5.82 Å². The van der Waals surface area contributed by atoms with Gasteiger partial charge >= 0.3 is 0 Å². The van der Waals surface area contributed by atoms with Crippen LogP contribution in [0, 0.1) is 0 Å². The zero-order valence-electron chi connectivity index (χ0n) is 26.4. The molecule has 1 aromatic heterocycles. The molecular weight excluding hydrogens is 524 g/mol. The number of fused-ring (bicyclic) bond motifs is 1. The van der Waals surface area contributed by atoms with Crippen LogP contribution in [-0.4, -0.2) is 67.9 Å². The maximum absolute atomic E-state index is 10.9. The lowest BCUT2D eigenvalue weighted by atomic mass is 9.98. The number of likely N-dealkylation sites (tertiary alicyclic amines) is 1. The molecule has 3 heterocycles. The van der Waals surface area contributed by atoms with E-state index in [1.807, 2.05) is 50.5 Å². The molecule has 1 saturated heterocycles. The molecule has 8 heteroatoms. The van der Waals surface area contributed by atoms with Gasteiger partial charge in [0.25, 0.3) is 0 Å². The van der Waals surface area contributed by atoms with E-state index in [1.54, 1.807) is 12.3 Å². The molecule has 0 saturated carbocycles. The molecule has 4 N–H and O–H groups in total. The summed E-state index contributed by atoms with van der Waals surface area (Å²) in [6, 6.07) is 9.10. The Morgan fingerprint density at radius 1 is 1.29 bits per heavy atom. The largest absolute Gasteiger partial charge is 0.492 e. The highest BCUT2D eigenvalue weighted by Crippen LogP contribution is 2.37. The van der Waals surface area contributed by atoms with Crippen molar-refractivity contribution in [1.29, 1.82) is 0 Å². The molecule has 0 aliphatic carbocycles. The second kappa shape index (κ2) is 19.7. The van der Waals surface area contributed by atoms with Gasteiger partial charge in [0.05, 0.1) is 13.3 Å². The van der Waals surface area contributed by atoms with Crippen LogP contribution in [0.15, 0.2) is 54.2 Å². The van der Waals surface area contributed by atoms with E-state index < -0.39 is 0 Å². The number of aromatic nitrogens is 1. The molecule has 42 heavy (non-hydrogen) atoms. The summed E-state index contributed by atoms with van der Waals surface area (Å²) in [5.41, 5.74) is 10.1. The Hall–Kier alpha value is -3.33. The molecule has 0 amide bonds. The van der Waals surface area contributed by atoms with Crippen LogP contribution < -0.4 is 21.1 Å². The number of hydrogen-bond acceptors (Lipinski definition) is 8. The Balaban J connectivity index is 0.000000319. The van der Waals surface area contributed by atoms with E-state index in [2.05, 4.69) is 52.9 Å². The van der Waals surface area contributed by atoms with Crippen molar-refractivity contribution in [2.75, 3.05) is 38.7 Å². The first kappa shape index (κ1) is 34.9. The van der Waals surface area contributed by atoms with Gasteiger partial charge in [0.2, 0.25) is 0 Å². The maximum Gasteiger partial charge on any atom is 0.150 e. The van der Waals surface area contributed by atoms with Gasteiger partial charge in [0.15, 0.2) is 0 Å². The van der Waals surface area contributed by atoms with Gasteiger partial charge in [-0.05, 0) is 70.4 Å². The second-order valence-electron chi connectivity index (χ2n) is 10.7. The molecule has 2 aliphatic heterocycles. The molecule has 1 aromatic carbocycles. The normalized spacial score (nSPS) is 18.2. The number of nitrogens with zero attached hydrogens (tertiary/aromatic N) is 3. The fourth-order valence-corrected chi connectivity index (χ4v) is 5.05. The SMILES string of the molecule is C/C(=C\C=N/CN)c1cnc(NCc2cccc(C=O)c2)c2c1OCC2.C=CCC.CNCCN1C(C)CCCC1C. The number of likely N-dealkylation sites (N-methyl/N-ethyl adjacent to an activating group) is 1. The summed E-state index contributed by atoms with van der Waals surface area (Å²) in [6.07, 6.45) is 14.2. The molecule has 2 aromatic rings. The number of allylic oxidation sites excluding steroid dienone is 3. The molecule has 2 aliphatic rings. The van der Waals surface area contributed by atoms with Crippen LogP contribution in [0.2, 0.25) is 0 Å². The molecule has 2 atom stereocenters. The van der Waals surface area contributed by atoms with E-state index in [0.29, 0.717) is 18.7 Å². The molecule has 8 nitrogen and oxygen atoms in total. The fourth-order valence-electron chi connectivity index (χ4n) is 5.05. The zero-order chi connectivity index (χ0) is 30.7. The van der Waals surface area contributed by atoms with Gasteiger partial charge in [-0.2, -0.15) is 0 Å². The van der Waals surface area contributed by atoms with Gasteiger partial charge in [-0.3, -0.25) is 14.7 Å². The minimum absolute atomic E-state index is 0.269. The summed E-state index contributed by atoms with van der Waals surface area (Å²) in [5.74, 6) is 1.69. The fraction of sp³-hybridized carbons (Fsp3) is 0.500. The number of rotatable bonds is 11. The standard InChI is InChI=1S/C20H22N4O2.C10H22N2.C4H8/c1-14(5-7-22-13-21)18-11-24-20(17-6-8-26-19(17)18)23-10-15-3-2-4-16(9-15)12-25;1-9-5-4-6-10(2)12(9)8-7-11-3;1-3-4-2/h2-5,7,9,11-12H,6,8,10,13,21H2,1H3,(H,23,24);9-11H,4-8H2,1-3H3;3H,1,4H2,2H3/b14-5+,22-7-;;. The topological polar surface area (TPSA) is 105 Å². The van der Waals surface area contributed by atoms with Gasteiger partial charge in [-0.1, -0.05) is 37.6 Å². The van der Waals surface area contributed by atoms with E-state index in [-0.39, 0.29) is 6.67 Å². The lowest BCUT2D eigenvalue weighted by Crippen LogP contribution is -2.46. The van der Waals surface area contributed by atoms with Gasteiger partial charge in [0, 0.05) is 67.2 Å². The minimum Gasteiger partial charge on any atom is -0.492 e. The number of benzene rings is 1. The summed E-state index contributed by atoms with van der Waals surface area (Å²) >= 11 is 0. The first-order valence-corrected chi connectivity index (χ1v) is 15.2. The van der Waals surface area contributed by atoms with E-state index in [0.717, 1.165) is 71.6 Å². The number of pyridine rings is 1. The maximum atomic E-state index is 10.9. The third-order valence-electron chi connectivity index (χ3n) is 7.52. The lowest BCUT2D eigenvalue weighted by molar-refractivity contribution is 0.105. The van der Waals surface area contributed by atoms with E-state index >= 15 is 0 Å². The van der Waals surface area contributed by atoms with E-state index in [4.69, 9.17) is 10.5 Å². The van der Waals surface area contributed by atoms with Crippen molar-refractivity contribution in [3.8, 4) is 5.75 Å². The van der Waals surface area contributed by atoms with Crippen molar-refractivity contribution >= 4 is 23.9 Å². The third kappa shape index (κ3) is 11.2. The number of aldehydes is 1. The average molecular weight is 577 g/mol. The Labute approximate surface area is 253 Å². The molecule has 0 spiro atoms. The van der Waals surface area contributed by atoms with Crippen molar-refractivity contribution in [3.63, 3.8) is 0 Å². The predicted molar refractivity (Wildman–Crippen MR) is 178 cm³/mol. The quantitative estimate of drug-likeness (QED) is 0.174. The summed E-state index contributed by atoms with van der Waals surface area (Å²) in [4.78, 5) is 22.1. The van der Waals surface area contributed by atoms with Crippen LogP contribution >= 0.6 is 0 Å². The molecule has 1 fully saturated rings. The van der Waals surface area contributed by atoms with Gasteiger partial charge < -0.3 is 21.1 Å². The van der Waals surface area contributed by atoms with Crippen molar-refractivity contribution in [2.24, 2.45) is 10.7 Å². The van der Waals surface area contributed by atoms with Crippen LogP contribution in [-0.2, 0) is 13.0 Å². The monoisotopic (exact) mass is 576 g/mol. The molecular formula is C34H52N6O2. The van der Waals surface area contributed by atoms with Crippen molar-refractivity contribution in [2.45, 2.75) is 78.4 Å². The minimum atomic E-state index is 0.269. The highest BCUT2D eigenvalue weighted by molar-refractivity contribution is 5.86. The predicted octanol–water partition coefficient (Wildman–Crippen LogP) is 5.88. The van der Waals surface area contributed by atoms with Gasteiger partial charge in [-0.15, -0.1) is 6.58 Å². The number of carbonyl (C=O) groups excluding carboxylic acids is 1. The van der Waals surface area contributed by atoms with Gasteiger partial charge in [-0.25, -0.2) is 4.98 Å². The number of nitrogens with two attached hydrogens (primary N) is 1. The summed E-state index contributed by atoms with van der Waals surface area (Å²) in [7, 11) is 2.03. The highest BCUT2D eigenvalue weighted by atomic mass is 16.5. The van der Waals surface area contributed by atoms with Crippen LogP contribution in [0.3, 0.4) is 0 Å². The summed E-state index contributed by atoms with van der Waals surface area (Å²) in [5, 5.41) is 6.58. The van der Waals surface area contributed by atoms with Crippen molar-refractivity contribution in [1.82, 2.24) is 15.2 Å². The zero-order valence-corrected chi connectivity index (χ0v) is 26.4. The third-order valence-corrected chi connectivity index (χ3v) is 7.52. The smallest absolute Gasteiger partial charge is 0.150 e. The number of ether oxygens (including phenoxy) is 1. The Bertz CT molecular complexity index is 1150. The van der Waals surface area contributed by atoms with E-state index in [1.165, 1.54) is 25.8 Å². The summed E-state index contributed by atoms with van der Waals surface area (Å²) < 4.78 is 5.85. The number of piperidine rings is 1. The Morgan fingerprint density at radius 3 is 2.67 bits per heavy atom. The number of nitrogens with one attached hydrogen (secondary N) is 2. The second-order valence-corrected chi connectivity index (χ2v) is 10.7. The molecule has 230 valence electrons. The number of carbonyl (C=O) groups is 1. The molecule has 4 rings (SSSR count). The van der Waals surface area contributed by atoms with Crippen LogP contribution in [0.1, 0.15) is 80.4 Å². The Morgan fingerprint density at radius 2 is 2.02 bits per heavy atom. The molecule has 0 bridgehead atoms. The average Bonchev–Trinajstić information content (AvgIpc) is 3.51. The van der Waals surface area contributed by atoms with Gasteiger partial charge in [0.1, 0.15) is 17.9 Å². The van der Waals surface area contributed by atoms with E-state index in [9.17, 15) is 4.79 Å². The number of anilines is 1. The van der Waals surface area contributed by atoms with Crippen LogP contribution in [0.25, 0.3) is 5.57 Å². The first-order valence-electron chi connectivity index (χ1n) is 15.2. The lowest BCUT2D eigenvalue weighted by Gasteiger charge is -2.38. The first-order chi connectivity index (χ1) is 20.4. The highest BCUT2D eigenvalue weighted by Gasteiger charge is 2.24. The molecule has 0 radical (unpaired) electrons. The van der Waals surface area contributed by atoms with Crippen molar-refractivity contribution < 1.29 is 9.53 Å².